The van der Waals surface area contributed by atoms with Gasteiger partial charge in [-0.15, -0.1) is 0 Å². The van der Waals surface area contributed by atoms with Gasteiger partial charge in [-0.25, -0.2) is 9.97 Å². The van der Waals surface area contributed by atoms with Gasteiger partial charge in [-0.05, 0) is 72.8 Å². The fraction of sp³-hybridized carbons (Fsp3) is 0. The van der Waals surface area contributed by atoms with Gasteiger partial charge in [0, 0.05) is 39.1 Å². The van der Waals surface area contributed by atoms with Crippen molar-refractivity contribution in [1.29, 1.82) is 0 Å². The first kappa shape index (κ1) is 20.2. The first-order valence-corrected chi connectivity index (χ1v) is 9.53. The molecule has 8 bridgehead atoms. The zero-order valence-electron chi connectivity index (χ0n) is 14.4. The van der Waals surface area contributed by atoms with E-state index in [0.717, 1.165) is 44.8 Å². The van der Waals surface area contributed by atoms with Crippen molar-refractivity contribution < 1.29 is 42.8 Å². The van der Waals surface area contributed by atoms with Gasteiger partial charge in [-0.2, -0.15) is 0 Å². The van der Waals surface area contributed by atoms with Crippen LogP contribution in [0.5, 0.6) is 0 Å². The van der Waals surface area contributed by atoms with Crippen molar-refractivity contribution in [3.8, 4) is 0 Å². The van der Waals surface area contributed by atoms with Crippen LogP contribution < -0.4 is 0 Å². The van der Waals surface area contributed by atoms with Crippen LogP contribution in [0.25, 0.3) is 46.4 Å². The van der Waals surface area contributed by atoms with Crippen molar-refractivity contribution >= 4 is 46.4 Å². The van der Waals surface area contributed by atoms with Crippen molar-refractivity contribution in [3.63, 3.8) is 0 Å². The Labute approximate surface area is 179 Å². The number of nitrogens with one attached hydrogen (secondary N) is 2. The molecule has 5 heterocycles. The Bertz CT molecular complexity index is 1090. The predicted octanol–water partition coefficient (Wildman–Crippen LogP) is 4.41. The van der Waals surface area contributed by atoms with E-state index in [1.54, 1.807) is 0 Å². The molecule has 0 fully saturated rings. The molecule has 0 aliphatic carbocycles. The normalized spacial score (nSPS) is 11.1. The van der Waals surface area contributed by atoms with Gasteiger partial charge in [0.05, 0.1) is 22.8 Å². The number of nitrogens with zero attached hydrogens (tertiary/aromatic N) is 2. The predicted molar refractivity (Wildman–Crippen MR) is 100 cm³/mol. The van der Waals surface area contributed by atoms with Gasteiger partial charge in [0.15, 0.2) is 0 Å². The van der Waals surface area contributed by atoms with Crippen molar-refractivity contribution in [2.75, 3.05) is 0 Å². The number of hydrogen-bond donors (Lipinski definition) is 2. The first-order chi connectivity index (χ1) is 13.2. The second kappa shape index (κ2) is 9.08. The quantitative estimate of drug-likeness (QED) is 0.340. The minimum absolute atomic E-state index is 0. The molecule has 2 aliphatic heterocycles. The van der Waals surface area contributed by atoms with Crippen molar-refractivity contribution in [3.05, 3.63) is 71.3 Å². The molecule has 0 unspecified atom stereocenters. The standard InChI is InChI=1S/C20H14N4.Cu.2O.Ti/c1-2-14-10-16-5-6-18(23-16)12-20-8-7-19(24-20)11-17-4-3-15(22-17)9-13(1)21-14;;;;/h1-12,21,24H;;;;. The Morgan fingerprint density at radius 3 is 1.07 bits per heavy atom. The second-order valence-corrected chi connectivity index (χ2v) is 6.25. The molecule has 3 aromatic heterocycles. The number of H-pyrrole nitrogens is 2. The van der Waals surface area contributed by atoms with Gasteiger partial charge < -0.3 is 9.97 Å². The molecule has 2 N–H and O–H groups in total. The molecule has 1 radical (unpaired) electrons. The third-order valence-corrected chi connectivity index (χ3v) is 4.04. The molecule has 0 saturated heterocycles. The Kier molecular flexibility index (Phi) is 6.55. The Morgan fingerprint density at radius 2 is 0.821 bits per heavy atom. The van der Waals surface area contributed by atoms with E-state index in [1.165, 1.54) is 0 Å². The topological polar surface area (TPSA) is 91.5 Å². The summed E-state index contributed by atoms with van der Waals surface area (Å²) < 4.78 is 17.0. The number of aromatic nitrogens is 4. The third-order valence-electron chi connectivity index (χ3n) is 4.04. The number of hydrogen-bond acceptors (Lipinski definition) is 4. The van der Waals surface area contributed by atoms with E-state index in [2.05, 4.69) is 44.2 Å². The summed E-state index contributed by atoms with van der Waals surface area (Å²) in [4.78, 5) is 16.0. The molecule has 0 saturated carbocycles. The molecule has 5 rings (SSSR count). The van der Waals surface area contributed by atoms with Gasteiger partial charge in [0.1, 0.15) is 0 Å². The maximum atomic E-state index is 8.50. The van der Waals surface area contributed by atoms with Gasteiger partial charge in [-0.1, -0.05) is 0 Å². The molecule has 0 aromatic carbocycles. The van der Waals surface area contributed by atoms with Crippen LogP contribution in [0.4, 0.5) is 0 Å². The fourth-order valence-electron chi connectivity index (χ4n) is 2.94. The molecule has 0 amide bonds. The summed E-state index contributed by atoms with van der Waals surface area (Å²) in [6, 6.07) is 16.4. The summed E-state index contributed by atoms with van der Waals surface area (Å²) in [5.41, 5.74) is 7.86. The Morgan fingerprint density at radius 1 is 0.571 bits per heavy atom. The molecule has 0 atom stereocenters. The molecule has 141 valence electrons. The molecule has 3 aromatic rings. The van der Waals surface area contributed by atoms with E-state index in [-0.39, 0.29) is 17.1 Å². The summed E-state index contributed by atoms with van der Waals surface area (Å²) >= 11 is -2.00. The van der Waals surface area contributed by atoms with Crippen LogP contribution in [0, 0.1) is 0 Å². The molecule has 6 nitrogen and oxygen atoms in total. The van der Waals surface area contributed by atoms with Crippen molar-refractivity contribution in [2.24, 2.45) is 0 Å². The molecule has 8 heteroatoms. The molecular weight excluding hydrogens is 440 g/mol. The van der Waals surface area contributed by atoms with Gasteiger partial charge >= 0.3 is 25.7 Å². The third kappa shape index (κ3) is 4.83. The first-order valence-electron chi connectivity index (χ1n) is 8.25. The fourth-order valence-corrected chi connectivity index (χ4v) is 2.94. The zero-order valence-corrected chi connectivity index (χ0v) is 16.9. The van der Waals surface area contributed by atoms with E-state index in [9.17, 15) is 0 Å². The summed E-state index contributed by atoms with van der Waals surface area (Å²) in [7, 11) is 0. The monoisotopic (exact) mass is 453 g/mol. The Hall–Kier alpha value is -2.57. The maximum absolute atomic E-state index is 8.50. The number of fused-ring (bicyclic) bond motifs is 8. The second-order valence-electron chi connectivity index (χ2n) is 5.99. The van der Waals surface area contributed by atoms with Crippen LogP contribution in [0.3, 0.4) is 0 Å². The van der Waals surface area contributed by atoms with E-state index in [4.69, 9.17) is 6.65 Å². The van der Waals surface area contributed by atoms with E-state index in [0.29, 0.717) is 0 Å². The summed E-state index contributed by atoms with van der Waals surface area (Å²) in [5, 5.41) is 0. The summed E-state index contributed by atoms with van der Waals surface area (Å²) in [6.45, 7) is 0. The molecular formula is C20H14CuN4O2Ti. The molecule has 0 spiro atoms. The number of rotatable bonds is 0. The van der Waals surface area contributed by atoms with Crippen molar-refractivity contribution in [1.82, 2.24) is 19.9 Å². The zero-order chi connectivity index (χ0) is 18.6. The van der Waals surface area contributed by atoms with Crippen molar-refractivity contribution in [2.45, 2.75) is 0 Å². The van der Waals surface area contributed by atoms with Crippen LogP contribution in [-0.2, 0) is 42.8 Å². The summed E-state index contributed by atoms with van der Waals surface area (Å²) in [6.07, 6.45) is 8.09. The average Bonchev–Trinajstić information content (AvgIpc) is 3.41. The van der Waals surface area contributed by atoms with Gasteiger partial charge in [-0.3, -0.25) is 0 Å². The van der Waals surface area contributed by atoms with E-state index < -0.39 is 19.1 Å². The molecule has 2 aliphatic rings. The SMILES string of the molecule is C1=Cc2cc3ccc(cc4nc(cc5ccc(cc1n2)[nH]5)C=C4)[nH]3.[Cu].[O]=[Ti]=[O]. The van der Waals surface area contributed by atoms with Crippen LogP contribution in [-0.4, -0.2) is 19.9 Å². The van der Waals surface area contributed by atoms with Crippen LogP contribution >= 0.6 is 0 Å². The van der Waals surface area contributed by atoms with Crippen LogP contribution in [0.1, 0.15) is 22.8 Å². The van der Waals surface area contributed by atoms with Gasteiger partial charge in [0.25, 0.3) is 0 Å². The average molecular weight is 454 g/mol. The van der Waals surface area contributed by atoms with Crippen LogP contribution in [0.15, 0.2) is 48.5 Å². The van der Waals surface area contributed by atoms with E-state index in [1.807, 2.05) is 48.6 Å². The minimum atomic E-state index is -2.00. The number of aromatic amines is 2. The Balaban J connectivity index is 0.000000531. The molecule has 28 heavy (non-hydrogen) atoms. The van der Waals surface area contributed by atoms with Crippen LogP contribution in [0.2, 0.25) is 0 Å². The van der Waals surface area contributed by atoms with E-state index >= 15 is 0 Å². The summed E-state index contributed by atoms with van der Waals surface area (Å²) in [5.74, 6) is 0. The van der Waals surface area contributed by atoms with Gasteiger partial charge in [0.2, 0.25) is 0 Å².